The van der Waals surface area contributed by atoms with E-state index in [4.69, 9.17) is 0 Å². The molecule has 0 atom stereocenters. The van der Waals surface area contributed by atoms with Crippen molar-refractivity contribution in [3.63, 3.8) is 0 Å². The topological polar surface area (TPSA) is 73.0 Å². The van der Waals surface area contributed by atoms with Gasteiger partial charge in [-0.05, 0) is 30.3 Å². The Kier molecular flexibility index (Phi) is 4.44. The first-order valence-corrected chi connectivity index (χ1v) is 8.51. The van der Waals surface area contributed by atoms with E-state index >= 15 is 0 Å². The van der Waals surface area contributed by atoms with Crippen LogP contribution in [0.1, 0.15) is 22.0 Å². The molecule has 11 heteroatoms. The van der Waals surface area contributed by atoms with Gasteiger partial charge in [-0.2, -0.15) is 13.2 Å². The third kappa shape index (κ3) is 3.50. The number of aromatic nitrogens is 4. The molecule has 3 aromatic rings. The minimum Gasteiger partial charge on any atom is -0.329 e. The lowest BCUT2D eigenvalue weighted by Gasteiger charge is -2.28. The summed E-state index contributed by atoms with van der Waals surface area (Å²) in [6.45, 7) is -0.208. The van der Waals surface area contributed by atoms with Gasteiger partial charge in [0.25, 0.3) is 11.5 Å². The van der Waals surface area contributed by atoms with Crippen LogP contribution in [0.2, 0.25) is 0 Å². The van der Waals surface area contributed by atoms with E-state index in [1.165, 1.54) is 52.1 Å². The van der Waals surface area contributed by atoms with Crippen molar-refractivity contribution in [1.29, 1.82) is 0 Å². The van der Waals surface area contributed by atoms with Crippen molar-refractivity contribution >= 4 is 5.91 Å². The Bertz CT molecular complexity index is 1130. The Balaban J connectivity index is 1.61. The van der Waals surface area contributed by atoms with Crippen LogP contribution in [0.25, 0.3) is 5.69 Å². The molecule has 150 valence electrons. The SMILES string of the molecule is O=C(c1ccc(=O)n(-c2ccc(F)cc2)c1)N1CCn2c(nnc2C(F)(F)F)C1. The number of carbonyl (C=O) groups excluding carboxylic acids is 1. The van der Waals surface area contributed by atoms with Crippen molar-refractivity contribution in [3.05, 3.63) is 76.0 Å². The van der Waals surface area contributed by atoms with Crippen molar-refractivity contribution in [3.8, 4) is 5.69 Å². The Labute approximate surface area is 160 Å². The first kappa shape index (κ1) is 18.8. The molecule has 1 aliphatic heterocycles. The maximum Gasteiger partial charge on any atom is 0.451 e. The average Bonchev–Trinajstić information content (AvgIpc) is 3.12. The van der Waals surface area contributed by atoms with Crippen LogP contribution in [0.5, 0.6) is 0 Å². The number of benzene rings is 1. The number of amides is 1. The van der Waals surface area contributed by atoms with Gasteiger partial charge in [-0.25, -0.2) is 4.39 Å². The molecule has 1 amide bonds. The molecule has 1 aliphatic rings. The molecule has 0 N–H and O–H groups in total. The predicted molar refractivity (Wildman–Crippen MR) is 91.8 cm³/mol. The molecule has 0 bridgehead atoms. The fourth-order valence-electron chi connectivity index (χ4n) is 3.14. The highest BCUT2D eigenvalue weighted by molar-refractivity contribution is 5.94. The third-order valence-corrected chi connectivity index (χ3v) is 4.56. The number of carbonyl (C=O) groups is 1. The number of hydrogen-bond acceptors (Lipinski definition) is 4. The van der Waals surface area contributed by atoms with Crippen LogP contribution >= 0.6 is 0 Å². The van der Waals surface area contributed by atoms with Crippen molar-refractivity contribution in [2.45, 2.75) is 19.3 Å². The first-order valence-electron chi connectivity index (χ1n) is 8.51. The lowest BCUT2D eigenvalue weighted by Crippen LogP contribution is -2.39. The van der Waals surface area contributed by atoms with E-state index in [9.17, 15) is 27.2 Å². The van der Waals surface area contributed by atoms with Gasteiger partial charge in [0, 0.05) is 31.0 Å². The van der Waals surface area contributed by atoms with E-state index in [0.29, 0.717) is 5.69 Å². The first-order chi connectivity index (χ1) is 13.7. The molecule has 0 fully saturated rings. The minimum atomic E-state index is -4.62. The number of alkyl halides is 3. The van der Waals surface area contributed by atoms with E-state index in [2.05, 4.69) is 10.2 Å². The molecule has 1 aromatic carbocycles. The monoisotopic (exact) mass is 407 g/mol. The van der Waals surface area contributed by atoms with Crippen molar-refractivity contribution in [1.82, 2.24) is 24.2 Å². The molecule has 0 radical (unpaired) electrons. The molecule has 2 aromatic heterocycles. The number of hydrogen-bond donors (Lipinski definition) is 0. The van der Waals surface area contributed by atoms with E-state index < -0.39 is 29.3 Å². The molecule has 0 aliphatic carbocycles. The van der Waals surface area contributed by atoms with E-state index in [1.54, 1.807) is 0 Å². The standard InChI is InChI=1S/C18H13F4N5O2/c19-12-2-4-13(5-3-12)27-9-11(1-6-15(27)28)16(29)25-7-8-26-14(10-25)23-24-17(26)18(20,21)22/h1-6,9H,7-8,10H2. The van der Waals surface area contributed by atoms with Gasteiger partial charge in [-0.3, -0.25) is 14.2 Å². The lowest BCUT2D eigenvalue weighted by atomic mass is 10.2. The number of pyridine rings is 1. The van der Waals surface area contributed by atoms with Gasteiger partial charge in [0.1, 0.15) is 5.82 Å². The molecular formula is C18H13F4N5O2. The van der Waals surface area contributed by atoms with Crippen LogP contribution < -0.4 is 5.56 Å². The van der Waals surface area contributed by atoms with Crippen LogP contribution in [-0.4, -0.2) is 36.7 Å². The molecule has 0 spiro atoms. The maximum absolute atomic E-state index is 13.1. The summed E-state index contributed by atoms with van der Waals surface area (Å²) in [6.07, 6.45) is -3.31. The fourth-order valence-corrected chi connectivity index (χ4v) is 3.14. The smallest absolute Gasteiger partial charge is 0.329 e. The summed E-state index contributed by atoms with van der Waals surface area (Å²) in [5.74, 6) is -2.00. The van der Waals surface area contributed by atoms with Crippen LogP contribution in [0.4, 0.5) is 17.6 Å². The highest BCUT2D eigenvalue weighted by Crippen LogP contribution is 2.29. The van der Waals surface area contributed by atoms with Crippen molar-refractivity contribution < 1.29 is 22.4 Å². The Morgan fingerprint density at radius 2 is 1.72 bits per heavy atom. The second-order valence-electron chi connectivity index (χ2n) is 6.42. The van der Waals surface area contributed by atoms with Crippen LogP contribution in [0.15, 0.2) is 47.4 Å². The quantitative estimate of drug-likeness (QED) is 0.611. The molecule has 3 heterocycles. The average molecular weight is 407 g/mol. The number of nitrogens with zero attached hydrogens (tertiary/aromatic N) is 5. The zero-order chi connectivity index (χ0) is 20.8. The Morgan fingerprint density at radius 1 is 1.00 bits per heavy atom. The zero-order valence-corrected chi connectivity index (χ0v) is 14.7. The molecular weight excluding hydrogens is 394 g/mol. The van der Waals surface area contributed by atoms with Crippen molar-refractivity contribution in [2.75, 3.05) is 6.54 Å². The molecule has 0 saturated heterocycles. The summed E-state index contributed by atoms with van der Waals surface area (Å²) >= 11 is 0. The maximum atomic E-state index is 13.1. The minimum absolute atomic E-state index is 0.0304. The fraction of sp³-hybridized carbons (Fsp3) is 0.222. The summed E-state index contributed by atoms with van der Waals surface area (Å²) in [5.41, 5.74) is 0.124. The number of fused-ring (bicyclic) bond motifs is 1. The van der Waals surface area contributed by atoms with Gasteiger partial charge in [-0.15, -0.1) is 10.2 Å². The summed E-state index contributed by atoms with van der Waals surface area (Å²) in [6, 6.07) is 7.70. The summed E-state index contributed by atoms with van der Waals surface area (Å²) in [5, 5.41) is 6.73. The molecule has 7 nitrogen and oxygen atoms in total. The summed E-state index contributed by atoms with van der Waals surface area (Å²) < 4.78 is 54.1. The van der Waals surface area contributed by atoms with Crippen LogP contribution in [-0.2, 0) is 19.3 Å². The van der Waals surface area contributed by atoms with Gasteiger partial charge in [0.15, 0.2) is 5.82 Å². The normalized spacial score (nSPS) is 14.0. The largest absolute Gasteiger partial charge is 0.451 e. The van der Waals surface area contributed by atoms with Gasteiger partial charge in [-0.1, -0.05) is 0 Å². The van der Waals surface area contributed by atoms with E-state index in [0.717, 1.165) is 4.57 Å². The van der Waals surface area contributed by atoms with Crippen LogP contribution in [0.3, 0.4) is 0 Å². The zero-order valence-electron chi connectivity index (χ0n) is 14.7. The lowest BCUT2D eigenvalue weighted by molar-refractivity contribution is -0.147. The number of rotatable bonds is 2. The number of halogens is 4. The molecule has 0 unspecified atom stereocenters. The van der Waals surface area contributed by atoms with Gasteiger partial charge in [0.2, 0.25) is 5.82 Å². The van der Waals surface area contributed by atoms with Gasteiger partial charge >= 0.3 is 6.18 Å². The highest BCUT2D eigenvalue weighted by atomic mass is 19.4. The van der Waals surface area contributed by atoms with Crippen molar-refractivity contribution in [2.24, 2.45) is 0 Å². The third-order valence-electron chi connectivity index (χ3n) is 4.56. The van der Waals surface area contributed by atoms with Gasteiger partial charge < -0.3 is 9.47 Å². The Hall–Kier alpha value is -3.50. The van der Waals surface area contributed by atoms with E-state index in [1.807, 2.05) is 0 Å². The second kappa shape index (κ2) is 6.83. The second-order valence-corrected chi connectivity index (χ2v) is 6.42. The predicted octanol–water partition coefficient (Wildman–Crippen LogP) is 2.24. The summed E-state index contributed by atoms with van der Waals surface area (Å²) in [4.78, 5) is 26.3. The Morgan fingerprint density at radius 3 is 2.41 bits per heavy atom. The molecule has 0 saturated carbocycles. The summed E-state index contributed by atoms with van der Waals surface area (Å²) in [7, 11) is 0. The molecule has 29 heavy (non-hydrogen) atoms. The van der Waals surface area contributed by atoms with E-state index in [-0.39, 0.29) is 31.0 Å². The van der Waals surface area contributed by atoms with Gasteiger partial charge in [0.05, 0.1) is 12.1 Å². The highest BCUT2D eigenvalue weighted by Gasteiger charge is 2.40. The van der Waals surface area contributed by atoms with Crippen LogP contribution in [0, 0.1) is 5.82 Å². The molecule has 4 rings (SSSR count).